The van der Waals surface area contributed by atoms with E-state index < -0.39 is 0 Å². The lowest BCUT2D eigenvalue weighted by molar-refractivity contribution is 0.0436. The predicted molar refractivity (Wildman–Crippen MR) is 107 cm³/mol. The standard InChI is InChI=1S/C23H35BO2/c1-13-14-8-9-15(25-14)18(13)23(7,24)12-22(5,6)20-17-11-10-16(26-17)19(20)21(2,3)4/h8-11,13-20H,12H2,1-7H3. The quantitative estimate of drug-likeness (QED) is 0.525. The van der Waals surface area contributed by atoms with Crippen molar-refractivity contribution < 1.29 is 9.47 Å². The minimum absolute atomic E-state index is 0.108. The van der Waals surface area contributed by atoms with Gasteiger partial charge in [0.1, 0.15) is 0 Å². The van der Waals surface area contributed by atoms with E-state index in [2.05, 4.69) is 72.8 Å². The Hall–Kier alpha value is -0.535. The molecule has 3 heteroatoms. The summed E-state index contributed by atoms with van der Waals surface area (Å²) in [5.74, 6) is 1.92. The highest BCUT2D eigenvalue weighted by molar-refractivity contribution is 6.15. The average molecular weight is 354 g/mol. The Morgan fingerprint density at radius 1 is 0.731 bits per heavy atom. The second-order valence-corrected chi connectivity index (χ2v) is 11.4. The zero-order chi connectivity index (χ0) is 19.1. The van der Waals surface area contributed by atoms with Gasteiger partial charge in [-0.25, -0.2) is 0 Å². The zero-order valence-electron chi connectivity index (χ0n) is 17.5. The summed E-state index contributed by atoms with van der Waals surface area (Å²) in [5, 5.41) is -0.249. The Labute approximate surface area is 161 Å². The fourth-order valence-electron chi connectivity index (χ4n) is 6.96. The lowest BCUT2D eigenvalue weighted by atomic mass is 9.48. The van der Waals surface area contributed by atoms with E-state index in [9.17, 15) is 0 Å². The van der Waals surface area contributed by atoms with Crippen LogP contribution in [0, 0.1) is 34.5 Å². The van der Waals surface area contributed by atoms with Crippen molar-refractivity contribution in [2.45, 2.75) is 84.6 Å². The maximum atomic E-state index is 7.03. The second-order valence-electron chi connectivity index (χ2n) is 11.4. The van der Waals surface area contributed by atoms with Crippen LogP contribution in [-0.2, 0) is 9.47 Å². The highest BCUT2D eigenvalue weighted by atomic mass is 16.5. The van der Waals surface area contributed by atoms with Gasteiger partial charge in [0, 0.05) is 0 Å². The normalized spacial score (nSPS) is 46.3. The molecule has 4 bridgehead atoms. The smallest absolute Gasteiger partial charge is 0.0802 e. The van der Waals surface area contributed by atoms with Gasteiger partial charge in [0.05, 0.1) is 32.3 Å². The van der Waals surface area contributed by atoms with Crippen LogP contribution in [0.15, 0.2) is 24.3 Å². The minimum atomic E-state index is -0.249. The van der Waals surface area contributed by atoms with E-state index in [1.165, 1.54) is 0 Å². The molecule has 2 radical (unpaired) electrons. The number of hydrogen-bond donors (Lipinski definition) is 0. The van der Waals surface area contributed by atoms with E-state index >= 15 is 0 Å². The highest BCUT2D eigenvalue weighted by Gasteiger charge is 2.58. The third kappa shape index (κ3) is 2.76. The van der Waals surface area contributed by atoms with Crippen LogP contribution >= 0.6 is 0 Å². The van der Waals surface area contributed by atoms with Gasteiger partial charge in [0.15, 0.2) is 0 Å². The lowest BCUT2D eigenvalue weighted by Gasteiger charge is -2.49. The van der Waals surface area contributed by atoms with Crippen molar-refractivity contribution in [2.75, 3.05) is 0 Å². The predicted octanol–water partition coefficient (Wildman–Crippen LogP) is 4.96. The fraction of sp³-hybridized carbons (Fsp3) is 0.826. The Kier molecular flexibility index (Phi) is 4.15. The van der Waals surface area contributed by atoms with Crippen LogP contribution in [0.4, 0.5) is 0 Å². The molecule has 0 aliphatic carbocycles. The van der Waals surface area contributed by atoms with Gasteiger partial charge in [-0.1, -0.05) is 78.1 Å². The molecule has 4 heterocycles. The molecule has 0 spiro atoms. The number of fused-ring (bicyclic) bond motifs is 4. The molecule has 142 valence electrons. The van der Waals surface area contributed by atoms with E-state index in [1.54, 1.807) is 0 Å². The summed E-state index contributed by atoms with van der Waals surface area (Å²) in [5.41, 5.74) is 0.333. The summed E-state index contributed by atoms with van der Waals surface area (Å²) in [6.45, 7) is 16.5. The Balaban J connectivity index is 1.59. The molecule has 9 atom stereocenters. The molecule has 4 rings (SSSR count). The summed E-state index contributed by atoms with van der Waals surface area (Å²) in [4.78, 5) is 0. The molecule has 0 amide bonds. The van der Waals surface area contributed by atoms with Crippen LogP contribution in [-0.4, -0.2) is 32.3 Å². The topological polar surface area (TPSA) is 18.5 Å². The minimum Gasteiger partial charge on any atom is -0.366 e. The maximum Gasteiger partial charge on any atom is 0.0802 e. The van der Waals surface area contributed by atoms with Crippen molar-refractivity contribution in [1.29, 1.82) is 0 Å². The van der Waals surface area contributed by atoms with Gasteiger partial charge in [-0.15, -0.1) is 0 Å². The summed E-state index contributed by atoms with van der Waals surface area (Å²) >= 11 is 0. The molecular formula is C23H35BO2. The fourth-order valence-corrected chi connectivity index (χ4v) is 6.96. The SMILES string of the molecule is [B]C(C)(CC(C)(C)C1C2C=CC(O2)C1C(C)(C)C)C1C2C=CC(O2)C1C. The summed E-state index contributed by atoms with van der Waals surface area (Å²) in [6, 6.07) is 0. The first-order valence-corrected chi connectivity index (χ1v) is 10.4. The van der Waals surface area contributed by atoms with E-state index in [0.29, 0.717) is 23.7 Å². The molecule has 0 N–H and O–H groups in total. The first-order valence-electron chi connectivity index (χ1n) is 10.4. The maximum absolute atomic E-state index is 7.03. The molecule has 4 aliphatic heterocycles. The molecule has 2 nitrogen and oxygen atoms in total. The van der Waals surface area contributed by atoms with Gasteiger partial charge < -0.3 is 9.47 Å². The van der Waals surface area contributed by atoms with Gasteiger partial charge in [-0.05, 0) is 40.9 Å². The Morgan fingerprint density at radius 2 is 1.19 bits per heavy atom. The third-order valence-corrected chi connectivity index (χ3v) is 7.64. The first kappa shape index (κ1) is 18.8. The van der Waals surface area contributed by atoms with Gasteiger partial charge in [0.25, 0.3) is 0 Å². The van der Waals surface area contributed by atoms with E-state index in [-0.39, 0.29) is 40.6 Å². The molecule has 9 unspecified atom stereocenters. The van der Waals surface area contributed by atoms with Gasteiger partial charge >= 0.3 is 0 Å². The molecule has 4 aliphatic rings. The van der Waals surface area contributed by atoms with Crippen molar-refractivity contribution in [3.63, 3.8) is 0 Å². The number of hydrogen-bond acceptors (Lipinski definition) is 2. The summed E-state index contributed by atoms with van der Waals surface area (Å²) in [6.07, 6.45) is 11.0. The summed E-state index contributed by atoms with van der Waals surface area (Å²) in [7, 11) is 7.03. The molecule has 0 aromatic carbocycles. The molecule has 0 aromatic heterocycles. The lowest BCUT2D eigenvalue weighted by Crippen LogP contribution is -2.45. The van der Waals surface area contributed by atoms with Gasteiger partial charge in [-0.2, -0.15) is 0 Å². The first-order chi connectivity index (χ1) is 11.9. The van der Waals surface area contributed by atoms with E-state index in [1.807, 2.05) is 0 Å². The zero-order valence-corrected chi connectivity index (χ0v) is 17.5. The van der Waals surface area contributed by atoms with Crippen LogP contribution in [0.3, 0.4) is 0 Å². The monoisotopic (exact) mass is 354 g/mol. The average Bonchev–Trinajstić information content (AvgIpc) is 3.23. The van der Waals surface area contributed by atoms with Crippen LogP contribution in [0.25, 0.3) is 0 Å². The number of rotatable bonds is 4. The molecule has 2 fully saturated rings. The molecular weight excluding hydrogens is 319 g/mol. The van der Waals surface area contributed by atoms with Crippen LogP contribution in [0.1, 0.15) is 54.9 Å². The largest absolute Gasteiger partial charge is 0.366 e. The van der Waals surface area contributed by atoms with Crippen molar-refractivity contribution in [3.8, 4) is 0 Å². The Morgan fingerprint density at radius 3 is 1.69 bits per heavy atom. The van der Waals surface area contributed by atoms with Crippen molar-refractivity contribution in [2.24, 2.45) is 34.5 Å². The van der Waals surface area contributed by atoms with E-state index in [4.69, 9.17) is 17.3 Å². The van der Waals surface area contributed by atoms with Crippen LogP contribution < -0.4 is 0 Å². The number of ether oxygens (including phenoxy) is 2. The van der Waals surface area contributed by atoms with Crippen LogP contribution in [0.5, 0.6) is 0 Å². The van der Waals surface area contributed by atoms with Gasteiger partial charge in [-0.3, -0.25) is 0 Å². The highest BCUT2D eigenvalue weighted by Crippen LogP contribution is 2.60. The van der Waals surface area contributed by atoms with Crippen LogP contribution in [0.2, 0.25) is 5.31 Å². The van der Waals surface area contributed by atoms with Crippen molar-refractivity contribution in [1.82, 2.24) is 0 Å². The Bertz CT molecular complexity index is 627. The molecule has 0 aromatic rings. The van der Waals surface area contributed by atoms with Gasteiger partial charge in [0.2, 0.25) is 0 Å². The molecule has 2 saturated heterocycles. The molecule has 26 heavy (non-hydrogen) atoms. The van der Waals surface area contributed by atoms with E-state index in [0.717, 1.165) is 6.42 Å². The summed E-state index contributed by atoms with van der Waals surface area (Å²) < 4.78 is 12.5. The van der Waals surface area contributed by atoms with Crippen molar-refractivity contribution in [3.05, 3.63) is 24.3 Å². The van der Waals surface area contributed by atoms with Crippen molar-refractivity contribution >= 4 is 7.85 Å². The second kappa shape index (κ2) is 5.73. The molecule has 0 saturated carbocycles. The third-order valence-electron chi connectivity index (χ3n) is 7.64.